The Balaban J connectivity index is 1.80. The van der Waals surface area contributed by atoms with Crippen molar-refractivity contribution in [1.82, 2.24) is 4.90 Å². The van der Waals surface area contributed by atoms with E-state index in [4.69, 9.17) is 0 Å². The minimum atomic E-state index is -0.965. The number of rotatable bonds is 2. The third-order valence-corrected chi connectivity index (χ3v) is 4.17. The lowest BCUT2D eigenvalue weighted by atomic mass is 10.0. The molecule has 2 amide bonds. The lowest BCUT2D eigenvalue weighted by Gasteiger charge is -2.25. The number of aliphatic hydroxyl groups is 1. The zero-order valence-electron chi connectivity index (χ0n) is 13.2. The van der Waals surface area contributed by atoms with Crippen LogP contribution in [0.2, 0.25) is 0 Å². The molecule has 0 saturated carbocycles. The number of anilines is 1. The van der Waals surface area contributed by atoms with E-state index in [1.165, 1.54) is 11.0 Å². The van der Waals surface area contributed by atoms with Gasteiger partial charge in [-0.1, -0.05) is 23.8 Å². The lowest BCUT2D eigenvalue weighted by molar-refractivity contribution is 0.175. The fourth-order valence-corrected chi connectivity index (χ4v) is 2.91. The van der Waals surface area contributed by atoms with Crippen molar-refractivity contribution in [2.24, 2.45) is 0 Å². The molecule has 24 heavy (non-hydrogen) atoms. The summed E-state index contributed by atoms with van der Waals surface area (Å²) in [4.78, 5) is 14.0. The first-order valence-corrected chi connectivity index (χ1v) is 7.71. The van der Waals surface area contributed by atoms with Gasteiger partial charge in [0.1, 0.15) is 0 Å². The Labute approximate surface area is 138 Å². The van der Waals surface area contributed by atoms with E-state index >= 15 is 0 Å². The monoisotopic (exact) mass is 332 g/mol. The average molecular weight is 332 g/mol. The van der Waals surface area contributed by atoms with Crippen molar-refractivity contribution >= 4 is 11.7 Å². The summed E-state index contributed by atoms with van der Waals surface area (Å²) < 4.78 is 26.6. The minimum Gasteiger partial charge on any atom is -0.391 e. The zero-order valence-corrected chi connectivity index (χ0v) is 13.2. The molecule has 126 valence electrons. The van der Waals surface area contributed by atoms with Crippen LogP contribution in [-0.4, -0.2) is 28.7 Å². The van der Waals surface area contributed by atoms with Gasteiger partial charge in [0.2, 0.25) is 0 Å². The second-order valence-corrected chi connectivity index (χ2v) is 6.03. The maximum absolute atomic E-state index is 13.5. The molecule has 1 heterocycles. The van der Waals surface area contributed by atoms with Gasteiger partial charge in [-0.25, -0.2) is 13.6 Å². The molecule has 2 aromatic carbocycles. The number of halogens is 2. The molecular formula is C18H18F2N2O2. The van der Waals surface area contributed by atoms with Crippen molar-refractivity contribution in [2.75, 3.05) is 11.9 Å². The van der Waals surface area contributed by atoms with E-state index in [2.05, 4.69) is 5.32 Å². The highest BCUT2D eigenvalue weighted by Crippen LogP contribution is 2.33. The van der Waals surface area contributed by atoms with Gasteiger partial charge in [-0.3, -0.25) is 0 Å². The normalized spacial score (nSPS) is 20.2. The maximum atomic E-state index is 13.5. The van der Waals surface area contributed by atoms with E-state index in [0.29, 0.717) is 11.3 Å². The van der Waals surface area contributed by atoms with Crippen LogP contribution in [0.3, 0.4) is 0 Å². The third kappa shape index (κ3) is 3.38. The molecule has 4 nitrogen and oxygen atoms in total. The Morgan fingerprint density at radius 3 is 2.54 bits per heavy atom. The topological polar surface area (TPSA) is 52.6 Å². The maximum Gasteiger partial charge on any atom is 0.322 e. The third-order valence-electron chi connectivity index (χ3n) is 4.17. The molecule has 3 rings (SSSR count). The molecule has 1 saturated heterocycles. The van der Waals surface area contributed by atoms with Gasteiger partial charge in [0, 0.05) is 12.2 Å². The predicted molar refractivity (Wildman–Crippen MR) is 86.6 cm³/mol. The van der Waals surface area contributed by atoms with Gasteiger partial charge in [-0.05, 0) is 43.2 Å². The van der Waals surface area contributed by atoms with Crippen LogP contribution in [-0.2, 0) is 0 Å². The number of carbonyl (C=O) groups is 1. The molecule has 2 atom stereocenters. The zero-order chi connectivity index (χ0) is 17.3. The molecule has 0 bridgehead atoms. The molecule has 2 aromatic rings. The number of carbonyl (C=O) groups excluding carboxylic acids is 1. The van der Waals surface area contributed by atoms with Crippen molar-refractivity contribution < 1.29 is 18.7 Å². The van der Waals surface area contributed by atoms with Crippen LogP contribution in [0.4, 0.5) is 19.3 Å². The molecule has 0 aromatic heterocycles. The van der Waals surface area contributed by atoms with Gasteiger partial charge < -0.3 is 15.3 Å². The predicted octanol–water partition coefficient (Wildman–Crippen LogP) is 3.61. The highest BCUT2D eigenvalue weighted by molar-refractivity contribution is 5.89. The van der Waals surface area contributed by atoms with Crippen molar-refractivity contribution in [3.05, 3.63) is 65.2 Å². The van der Waals surface area contributed by atoms with Crippen LogP contribution < -0.4 is 5.32 Å². The number of urea groups is 1. The molecule has 2 N–H and O–H groups in total. The SMILES string of the molecule is Cc1ccc(NC(=O)N2CC(O)CC2c2ccc(F)c(F)c2)cc1. The Bertz CT molecular complexity index is 749. The molecule has 1 aliphatic heterocycles. The van der Waals surface area contributed by atoms with E-state index in [1.54, 1.807) is 12.1 Å². The van der Waals surface area contributed by atoms with Crippen LogP contribution in [0.25, 0.3) is 0 Å². The summed E-state index contributed by atoms with van der Waals surface area (Å²) in [7, 11) is 0. The van der Waals surface area contributed by atoms with E-state index in [1.807, 2.05) is 19.1 Å². The minimum absolute atomic E-state index is 0.140. The summed E-state index contributed by atoms with van der Waals surface area (Å²) >= 11 is 0. The van der Waals surface area contributed by atoms with Gasteiger partial charge >= 0.3 is 6.03 Å². The Morgan fingerprint density at radius 1 is 1.17 bits per heavy atom. The average Bonchev–Trinajstić information content (AvgIpc) is 2.94. The summed E-state index contributed by atoms with van der Waals surface area (Å²) in [6.45, 7) is 2.09. The number of amides is 2. The molecule has 1 fully saturated rings. The number of aliphatic hydroxyl groups excluding tert-OH is 1. The molecule has 0 radical (unpaired) electrons. The van der Waals surface area contributed by atoms with Gasteiger partial charge in [-0.2, -0.15) is 0 Å². The van der Waals surface area contributed by atoms with Crippen molar-refractivity contribution in [3.63, 3.8) is 0 Å². The van der Waals surface area contributed by atoms with Gasteiger partial charge in [0.05, 0.1) is 12.1 Å². The Hall–Kier alpha value is -2.47. The first-order chi connectivity index (χ1) is 11.4. The second-order valence-electron chi connectivity index (χ2n) is 6.03. The Morgan fingerprint density at radius 2 is 1.88 bits per heavy atom. The van der Waals surface area contributed by atoms with Crippen LogP contribution in [0, 0.1) is 18.6 Å². The number of hydrogen-bond acceptors (Lipinski definition) is 2. The van der Waals surface area contributed by atoms with E-state index in [9.17, 15) is 18.7 Å². The van der Waals surface area contributed by atoms with Crippen LogP contribution in [0.15, 0.2) is 42.5 Å². The number of hydrogen-bond donors (Lipinski definition) is 2. The van der Waals surface area contributed by atoms with Crippen molar-refractivity contribution in [2.45, 2.75) is 25.5 Å². The number of nitrogens with zero attached hydrogens (tertiary/aromatic N) is 1. The number of nitrogens with one attached hydrogen (secondary N) is 1. The smallest absolute Gasteiger partial charge is 0.322 e. The van der Waals surface area contributed by atoms with Crippen LogP contribution in [0.5, 0.6) is 0 Å². The van der Waals surface area contributed by atoms with E-state index in [-0.39, 0.29) is 19.0 Å². The number of benzene rings is 2. The van der Waals surface area contributed by atoms with Crippen LogP contribution in [0.1, 0.15) is 23.6 Å². The van der Waals surface area contributed by atoms with Gasteiger partial charge in [-0.15, -0.1) is 0 Å². The molecule has 0 aliphatic carbocycles. The number of likely N-dealkylation sites (tertiary alicyclic amines) is 1. The summed E-state index contributed by atoms with van der Waals surface area (Å²) in [5, 5.41) is 12.7. The summed E-state index contributed by atoms with van der Waals surface area (Å²) in [5.74, 6) is -1.90. The van der Waals surface area contributed by atoms with Gasteiger partial charge in [0.25, 0.3) is 0 Å². The van der Waals surface area contributed by atoms with Gasteiger partial charge in [0.15, 0.2) is 11.6 Å². The largest absolute Gasteiger partial charge is 0.391 e. The summed E-state index contributed by atoms with van der Waals surface area (Å²) in [6.07, 6.45) is -0.418. The summed E-state index contributed by atoms with van der Waals surface area (Å²) in [6, 6.07) is 9.98. The Kier molecular flexibility index (Phi) is 4.49. The first-order valence-electron chi connectivity index (χ1n) is 7.71. The fourth-order valence-electron chi connectivity index (χ4n) is 2.91. The fraction of sp³-hybridized carbons (Fsp3) is 0.278. The lowest BCUT2D eigenvalue weighted by Crippen LogP contribution is -2.35. The molecular weight excluding hydrogens is 314 g/mol. The molecule has 2 unspecified atom stereocenters. The quantitative estimate of drug-likeness (QED) is 0.883. The number of β-amino-alcohol motifs (C(OH)–C–C–N with tert-alkyl or cyclic N) is 1. The van der Waals surface area contributed by atoms with Crippen LogP contribution >= 0.6 is 0 Å². The number of aryl methyl sites for hydroxylation is 1. The molecule has 6 heteroatoms. The highest BCUT2D eigenvalue weighted by Gasteiger charge is 2.35. The molecule has 1 aliphatic rings. The highest BCUT2D eigenvalue weighted by atomic mass is 19.2. The van der Waals surface area contributed by atoms with E-state index in [0.717, 1.165) is 17.7 Å². The second kappa shape index (κ2) is 6.57. The standard InChI is InChI=1S/C18H18F2N2O2/c1-11-2-5-13(6-3-11)21-18(24)22-10-14(23)9-17(22)12-4-7-15(19)16(20)8-12/h2-8,14,17,23H,9-10H2,1H3,(H,21,24). The van der Waals surface area contributed by atoms with E-state index < -0.39 is 23.8 Å². The summed E-state index contributed by atoms with van der Waals surface area (Å²) in [5.41, 5.74) is 2.17. The molecule has 0 spiro atoms. The van der Waals surface area contributed by atoms with Crippen molar-refractivity contribution in [1.29, 1.82) is 0 Å². The van der Waals surface area contributed by atoms with Crippen molar-refractivity contribution in [3.8, 4) is 0 Å². The first kappa shape index (κ1) is 16.4.